The molecule has 18 heavy (non-hydrogen) atoms. The number of aryl methyl sites for hydroxylation is 3. The van der Waals surface area contributed by atoms with E-state index in [1.807, 2.05) is 0 Å². The van der Waals surface area contributed by atoms with Crippen LogP contribution in [0.3, 0.4) is 0 Å². The molecule has 0 spiro atoms. The summed E-state index contributed by atoms with van der Waals surface area (Å²) < 4.78 is 1.13. The third-order valence-electron chi connectivity index (χ3n) is 3.33. The van der Waals surface area contributed by atoms with Crippen LogP contribution in [0.4, 0.5) is 0 Å². The predicted octanol–water partition coefficient (Wildman–Crippen LogP) is 5.86. The van der Waals surface area contributed by atoms with E-state index in [1.54, 1.807) is 0 Å². The Labute approximate surface area is 126 Å². The van der Waals surface area contributed by atoms with Gasteiger partial charge in [0.05, 0.1) is 4.83 Å². The van der Waals surface area contributed by atoms with Crippen LogP contribution in [0.25, 0.3) is 0 Å². The summed E-state index contributed by atoms with van der Waals surface area (Å²) in [4.78, 5) is 0.255. The highest BCUT2D eigenvalue weighted by Crippen LogP contribution is 2.34. The molecule has 0 saturated carbocycles. The van der Waals surface area contributed by atoms with Crippen molar-refractivity contribution in [2.24, 2.45) is 0 Å². The number of alkyl halides is 1. The van der Waals surface area contributed by atoms with Gasteiger partial charge in [-0.05, 0) is 60.7 Å². The smallest absolute Gasteiger partial charge is 0.0647 e. The minimum absolute atomic E-state index is 0.255. The maximum atomic E-state index is 3.81. The van der Waals surface area contributed by atoms with Gasteiger partial charge in [0, 0.05) is 4.47 Å². The molecule has 0 aliphatic rings. The number of benzene rings is 2. The SMILES string of the molecule is Cc1ccc(C(Br)c2ccc(Br)cc2C)cc1C. The van der Waals surface area contributed by atoms with E-state index >= 15 is 0 Å². The summed E-state index contributed by atoms with van der Waals surface area (Å²) in [5, 5.41) is 0. The van der Waals surface area contributed by atoms with Crippen molar-refractivity contribution >= 4 is 31.9 Å². The number of rotatable bonds is 2. The van der Waals surface area contributed by atoms with Crippen molar-refractivity contribution in [3.8, 4) is 0 Å². The van der Waals surface area contributed by atoms with E-state index < -0.39 is 0 Å². The molecule has 0 bridgehead atoms. The first-order valence-corrected chi connectivity index (χ1v) is 7.67. The Morgan fingerprint density at radius 3 is 2.17 bits per heavy atom. The van der Waals surface area contributed by atoms with Gasteiger partial charge in [-0.1, -0.05) is 56.1 Å². The van der Waals surface area contributed by atoms with Crippen molar-refractivity contribution in [3.63, 3.8) is 0 Å². The van der Waals surface area contributed by atoms with Crippen molar-refractivity contribution in [2.75, 3.05) is 0 Å². The standard InChI is InChI=1S/C16H16Br2/c1-10-4-5-13(8-11(10)2)16(18)15-7-6-14(17)9-12(15)3/h4-9,16H,1-3H3. The summed E-state index contributed by atoms with van der Waals surface area (Å²) in [5.41, 5.74) is 6.60. The lowest BCUT2D eigenvalue weighted by Crippen LogP contribution is -1.97. The topological polar surface area (TPSA) is 0 Å². The molecule has 1 unspecified atom stereocenters. The highest BCUT2D eigenvalue weighted by atomic mass is 79.9. The van der Waals surface area contributed by atoms with Crippen molar-refractivity contribution in [1.82, 2.24) is 0 Å². The lowest BCUT2D eigenvalue weighted by Gasteiger charge is -2.15. The molecule has 2 aromatic carbocycles. The molecule has 2 heteroatoms. The molecule has 0 heterocycles. The van der Waals surface area contributed by atoms with Gasteiger partial charge in [-0.3, -0.25) is 0 Å². The van der Waals surface area contributed by atoms with E-state index in [0.29, 0.717) is 0 Å². The molecule has 2 aromatic rings. The second kappa shape index (κ2) is 5.58. The summed E-state index contributed by atoms with van der Waals surface area (Å²) in [6.45, 7) is 6.45. The van der Waals surface area contributed by atoms with Gasteiger partial charge in [-0.15, -0.1) is 0 Å². The minimum Gasteiger partial charge on any atom is -0.0786 e. The normalized spacial score (nSPS) is 12.5. The van der Waals surface area contributed by atoms with Crippen molar-refractivity contribution < 1.29 is 0 Å². The summed E-state index contributed by atoms with van der Waals surface area (Å²) in [6, 6.07) is 13.1. The van der Waals surface area contributed by atoms with Gasteiger partial charge in [0.25, 0.3) is 0 Å². The summed E-state index contributed by atoms with van der Waals surface area (Å²) in [7, 11) is 0. The zero-order valence-electron chi connectivity index (χ0n) is 10.8. The Bertz CT molecular complexity index is 573. The number of hydrogen-bond donors (Lipinski definition) is 0. The lowest BCUT2D eigenvalue weighted by atomic mass is 9.98. The van der Waals surface area contributed by atoms with Crippen molar-refractivity contribution in [2.45, 2.75) is 25.6 Å². The quantitative estimate of drug-likeness (QED) is 0.583. The molecule has 0 nitrogen and oxygen atoms in total. The van der Waals surface area contributed by atoms with Gasteiger partial charge in [0.2, 0.25) is 0 Å². The first-order valence-electron chi connectivity index (χ1n) is 5.96. The maximum Gasteiger partial charge on any atom is 0.0647 e. The second-order valence-electron chi connectivity index (χ2n) is 4.71. The van der Waals surface area contributed by atoms with Gasteiger partial charge in [0.15, 0.2) is 0 Å². The highest BCUT2D eigenvalue weighted by molar-refractivity contribution is 9.10. The van der Waals surface area contributed by atoms with E-state index in [2.05, 4.69) is 89.0 Å². The van der Waals surface area contributed by atoms with Crippen LogP contribution in [0.5, 0.6) is 0 Å². The molecule has 0 radical (unpaired) electrons. The average molecular weight is 368 g/mol. The fourth-order valence-electron chi connectivity index (χ4n) is 2.03. The van der Waals surface area contributed by atoms with E-state index in [0.717, 1.165) is 4.47 Å². The molecule has 0 aliphatic carbocycles. The van der Waals surface area contributed by atoms with Crippen LogP contribution in [0.15, 0.2) is 40.9 Å². The van der Waals surface area contributed by atoms with Gasteiger partial charge in [-0.25, -0.2) is 0 Å². The molecule has 0 aromatic heterocycles. The summed E-state index contributed by atoms with van der Waals surface area (Å²) in [5.74, 6) is 0. The first-order chi connectivity index (χ1) is 8.49. The van der Waals surface area contributed by atoms with E-state index in [9.17, 15) is 0 Å². The van der Waals surface area contributed by atoms with Crippen LogP contribution >= 0.6 is 31.9 Å². The van der Waals surface area contributed by atoms with Crippen LogP contribution in [0.2, 0.25) is 0 Å². The lowest BCUT2D eigenvalue weighted by molar-refractivity contribution is 1.13. The van der Waals surface area contributed by atoms with Crippen LogP contribution in [0, 0.1) is 20.8 Å². The monoisotopic (exact) mass is 366 g/mol. The molecule has 0 amide bonds. The Morgan fingerprint density at radius 1 is 0.833 bits per heavy atom. The van der Waals surface area contributed by atoms with E-state index in [4.69, 9.17) is 0 Å². The largest absolute Gasteiger partial charge is 0.0786 e. The zero-order valence-corrected chi connectivity index (χ0v) is 14.0. The third-order valence-corrected chi connectivity index (χ3v) is 4.84. The Hall–Kier alpha value is -0.600. The van der Waals surface area contributed by atoms with Gasteiger partial charge in [0.1, 0.15) is 0 Å². The molecule has 1 atom stereocenters. The van der Waals surface area contributed by atoms with Gasteiger partial charge in [-0.2, -0.15) is 0 Å². The predicted molar refractivity (Wildman–Crippen MR) is 85.6 cm³/mol. The molecular formula is C16H16Br2. The van der Waals surface area contributed by atoms with Crippen molar-refractivity contribution in [1.29, 1.82) is 0 Å². The van der Waals surface area contributed by atoms with Crippen molar-refractivity contribution in [3.05, 3.63) is 68.7 Å². The van der Waals surface area contributed by atoms with Crippen LogP contribution < -0.4 is 0 Å². The summed E-state index contributed by atoms with van der Waals surface area (Å²) in [6.07, 6.45) is 0. The maximum absolute atomic E-state index is 3.81. The highest BCUT2D eigenvalue weighted by Gasteiger charge is 2.13. The van der Waals surface area contributed by atoms with Gasteiger partial charge < -0.3 is 0 Å². The molecule has 94 valence electrons. The number of hydrogen-bond acceptors (Lipinski definition) is 0. The Morgan fingerprint density at radius 2 is 1.56 bits per heavy atom. The van der Waals surface area contributed by atoms with Crippen LogP contribution in [0.1, 0.15) is 32.6 Å². The molecule has 0 fully saturated rings. The third kappa shape index (κ3) is 2.86. The first kappa shape index (κ1) is 13.8. The molecule has 0 aliphatic heterocycles. The van der Waals surface area contributed by atoms with E-state index in [1.165, 1.54) is 27.8 Å². The number of halogens is 2. The fourth-order valence-corrected chi connectivity index (χ4v) is 3.30. The van der Waals surface area contributed by atoms with Gasteiger partial charge >= 0.3 is 0 Å². The molecule has 2 rings (SSSR count). The minimum atomic E-state index is 0.255. The Kier molecular flexibility index (Phi) is 4.29. The van der Waals surface area contributed by atoms with Crippen LogP contribution in [-0.2, 0) is 0 Å². The van der Waals surface area contributed by atoms with Crippen LogP contribution in [-0.4, -0.2) is 0 Å². The second-order valence-corrected chi connectivity index (χ2v) is 6.54. The van der Waals surface area contributed by atoms with E-state index in [-0.39, 0.29) is 4.83 Å². The molecule has 0 N–H and O–H groups in total. The molecular weight excluding hydrogens is 352 g/mol. The Balaban J connectivity index is 2.41. The average Bonchev–Trinajstić information content (AvgIpc) is 2.32. The fraction of sp³-hybridized carbons (Fsp3) is 0.250. The molecule has 0 saturated heterocycles. The summed E-state index contributed by atoms with van der Waals surface area (Å²) >= 11 is 7.32. The zero-order chi connectivity index (χ0) is 13.3.